The van der Waals surface area contributed by atoms with Crippen molar-refractivity contribution < 1.29 is 19.1 Å². The minimum atomic E-state index is -0.455. The highest BCUT2D eigenvalue weighted by Crippen LogP contribution is 2.14. The van der Waals surface area contributed by atoms with E-state index in [9.17, 15) is 9.59 Å². The van der Waals surface area contributed by atoms with Crippen molar-refractivity contribution in [3.63, 3.8) is 0 Å². The molecule has 0 aromatic rings. The molecule has 0 saturated carbocycles. The summed E-state index contributed by atoms with van der Waals surface area (Å²) in [4.78, 5) is 22.9. The first-order valence-corrected chi connectivity index (χ1v) is 6.29. The minimum absolute atomic E-state index is 0.320. The van der Waals surface area contributed by atoms with Crippen LogP contribution in [-0.2, 0) is 19.1 Å². The van der Waals surface area contributed by atoms with Crippen molar-refractivity contribution in [1.82, 2.24) is 0 Å². The van der Waals surface area contributed by atoms with Crippen LogP contribution in [-0.4, -0.2) is 25.7 Å². The van der Waals surface area contributed by atoms with E-state index in [0.29, 0.717) is 6.61 Å². The van der Waals surface area contributed by atoms with Gasteiger partial charge in [-0.1, -0.05) is 40.0 Å². The average Bonchev–Trinajstić information content (AvgIpc) is 2.35. The van der Waals surface area contributed by atoms with Gasteiger partial charge in [-0.2, -0.15) is 0 Å². The third kappa shape index (κ3) is 6.29. The van der Waals surface area contributed by atoms with Gasteiger partial charge in [-0.3, -0.25) is 9.59 Å². The molecule has 0 radical (unpaired) electrons. The lowest BCUT2D eigenvalue weighted by molar-refractivity contribution is -0.157. The molecular weight excluding hydrogens is 220 g/mol. The molecular formula is C13H24O4. The molecule has 17 heavy (non-hydrogen) atoms. The molecule has 0 aromatic carbocycles. The van der Waals surface area contributed by atoms with Gasteiger partial charge < -0.3 is 9.47 Å². The van der Waals surface area contributed by atoms with Crippen LogP contribution in [0.1, 0.15) is 46.5 Å². The van der Waals surface area contributed by atoms with Crippen LogP contribution < -0.4 is 0 Å². The van der Waals surface area contributed by atoms with Crippen LogP contribution in [0.15, 0.2) is 0 Å². The summed E-state index contributed by atoms with van der Waals surface area (Å²) in [5, 5.41) is 0. The fourth-order valence-electron chi connectivity index (χ4n) is 1.43. The second-order valence-corrected chi connectivity index (χ2v) is 4.33. The van der Waals surface area contributed by atoms with Gasteiger partial charge in [0.05, 0.1) is 25.6 Å². The van der Waals surface area contributed by atoms with Crippen LogP contribution >= 0.6 is 0 Å². The molecule has 0 saturated heterocycles. The monoisotopic (exact) mass is 244 g/mol. The Kier molecular flexibility index (Phi) is 8.46. The fourth-order valence-corrected chi connectivity index (χ4v) is 1.43. The predicted octanol–water partition coefficient (Wildman–Crippen LogP) is 2.56. The van der Waals surface area contributed by atoms with Crippen molar-refractivity contribution in [2.75, 3.05) is 13.7 Å². The number of carbonyl (C=O) groups is 2. The Balaban J connectivity index is 3.85. The quantitative estimate of drug-likeness (QED) is 0.486. The number of ether oxygens (including phenoxy) is 2. The lowest BCUT2D eigenvalue weighted by atomic mass is 9.96. The number of hydrogen-bond acceptors (Lipinski definition) is 4. The van der Waals surface area contributed by atoms with E-state index in [1.165, 1.54) is 7.11 Å². The Hall–Kier alpha value is -1.06. The smallest absolute Gasteiger partial charge is 0.309 e. The summed E-state index contributed by atoms with van der Waals surface area (Å²) in [5.41, 5.74) is 0. The maximum atomic E-state index is 11.6. The SMILES string of the molecule is CCCCCCOC(=O)C(C)C(C)C(=O)OC. The molecule has 0 amide bonds. The molecule has 0 aliphatic carbocycles. The molecule has 0 aromatic heterocycles. The molecule has 0 N–H and O–H groups in total. The minimum Gasteiger partial charge on any atom is -0.469 e. The predicted molar refractivity (Wildman–Crippen MR) is 65.4 cm³/mol. The van der Waals surface area contributed by atoms with E-state index >= 15 is 0 Å². The number of methoxy groups -OCH3 is 1. The number of unbranched alkanes of at least 4 members (excludes halogenated alkanes) is 3. The molecule has 0 rings (SSSR count). The molecule has 4 heteroatoms. The first-order valence-electron chi connectivity index (χ1n) is 6.29. The van der Waals surface area contributed by atoms with E-state index in [4.69, 9.17) is 4.74 Å². The standard InChI is InChI=1S/C13H24O4/c1-5-6-7-8-9-17-13(15)11(3)10(2)12(14)16-4/h10-11H,5-9H2,1-4H3. The molecule has 2 atom stereocenters. The van der Waals surface area contributed by atoms with E-state index in [1.54, 1.807) is 13.8 Å². The van der Waals surface area contributed by atoms with Crippen molar-refractivity contribution in [3.8, 4) is 0 Å². The number of hydrogen-bond donors (Lipinski definition) is 0. The summed E-state index contributed by atoms with van der Waals surface area (Å²) in [7, 11) is 1.32. The van der Waals surface area contributed by atoms with Crippen molar-refractivity contribution in [1.29, 1.82) is 0 Å². The van der Waals surface area contributed by atoms with E-state index in [1.807, 2.05) is 0 Å². The Labute approximate surface area is 104 Å². The highest BCUT2D eigenvalue weighted by atomic mass is 16.5. The van der Waals surface area contributed by atoms with E-state index in [-0.39, 0.29) is 11.9 Å². The molecule has 0 bridgehead atoms. The Morgan fingerprint density at radius 2 is 1.59 bits per heavy atom. The van der Waals surface area contributed by atoms with Crippen molar-refractivity contribution in [3.05, 3.63) is 0 Å². The topological polar surface area (TPSA) is 52.6 Å². The lowest BCUT2D eigenvalue weighted by Gasteiger charge is -2.16. The van der Waals surface area contributed by atoms with Gasteiger partial charge in [0.25, 0.3) is 0 Å². The summed E-state index contributed by atoms with van der Waals surface area (Å²) in [6.07, 6.45) is 4.28. The summed E-state index contributed by atoms with van der Waals surface area (Å²) in [5.74, 6) is -1.60. The molecule has 2 unspecified atom stereocenters. The van der Waals surface area contributed by atoms with Crippen molar-refractivity contribution in [2.24, 2.45) is 11.8 Å². The zero-order chi connectivity index (χ0) is 13.3. The summed E-state index contributed by atoms with van der Waals surface area (Å²) >= 11 is 0. The van der Waals surface area contributed by atoms with Crippen LogP contribution in [0.5, 0.6) is 0 Å². The number of carbonyl (C=O) groups excluding carboxylic acids is 2. The van der Waals surface area contributed by atoms with E-state index < -0.39 is 11.8 Å². The Morgan fingerprint density at radius 3 is 2.12 bits per heavy atom. The molecule has 100 valence electrons. The maximum Gasteiger partial charge on any atom is 0.309 e. The van der Waals surface area contributed by atoms with Gasteiger partial charge in [0, 0.05) is 0 Å². The van der Waals surface area contributed by atoms with Crippen molar-refractivity contribution >= 4 is 11.9 Å². The van der Waals surface area contributed by atoms with E-state index in [0.717, 1.165) is 25.7 Å². The Bertz CT molecular complexity index is 238. The fraction of sp³-hybridized carbons (Fsp3) is 0.846. The van der Waals surface area contributed by atoms with Gasteiger partial charge >= 0.3 is 11.9 Å². The molecule has 0 spiro atoms. The Morgan fingerprint density at radius 1 is 1.00 bits per heavy atom. The highest BCUT2D eigenvalue weighted by molar-refractivity contribution is 5.81. The van der Waals surface area contributed by atoms with Crippen molar-refractivity contribution in [2.45, 2.75) is 46.5 Å². The molecule has 0 heterocycles. The molecule has 0 aliphatic heterocycles. The van der Waals surface area contributed by atoms with Gasteiger partial charge in [0.15, 0.2) is 0 Å². The third-order valence-electron chi connectivity index (χ3n) is 2.94. The van der Waals surface area contributed by atoms with Crippen LogP contribution in [0.25, 0.3) is 0 Å². The second-order valence-electron chi connectivity index (χ2n) is 4.33. The van der Waals surface area contributed by atoms with Crippen LogP contribution in [0.2, 0.25) is 0 Å². The molecule has 0 fully saturated rings. The van der Waals surface area contributed by atoms with Gasteiger partial charge in [-0.15, -0.1) is 0 Å². The van der Waals surface area contributed by atoms with Gasteiger partial charge in [0.2, 0.25) is 0 Å². The summed E-state index contributed by atoms with van der Waals surface area (Å²) in [6.45, 7) is 5.94. The maximum absolute atomic E-state index is 11.6. The number of esters is 2. The van der Waals surface area contributed by atoms with E-state index in [2.05, 4.69) is 11.7 Å². The van der Waals surface area contributed by atoms with Crippen LogP contribution in [0.3, 0.4) is 0 Å². The first kappa shape index (κ1) is 15.9. The third-order valence-corrected chi connectivity index (χ3v) is 2.94. The molecule has 4 nitrogen and oxygen atoms in total. The summed E-state index contributed by atoms with van der Waals surface area (Å²) in [6, 6.07) is 0. The largest absolute Gasteiger partial charge is 0.469 e. The highest BCUT2D eigenvalue weighted by Gasteiger charge is 2.27. The average molecular weight is 244 g/mol. The molecule has 0 aliphatic rings. The lowest BCUT2D eigenvalue weighted by Crippen LogP contribution is -2.28. The second kappa shape index (κ2) is 9.02. The zero-order valence-electron chi connectivity index (χ0n) is 11.3. The zero-order valence-corrected chi connectivity index (χ0v) is 11.3. The van der Waals surface area contributed by atoms with Gasteiger partial charge in [0.1, 0.15) is 0 Å². The number of rotatable bonds is 8. The normalized spacial score (nSPS) is 13.9. The first-order chi connectivity index (χ1) is 8.04. The van der Waals surface area contributed by atoms with Crippen LogP contribution in [0, 0.1) is 11.8 Å². The van der Waals surface area contributed by atoms with Crippen LogP contribution in [0.4, 0.5) is 0 Å². The summed E-state index contributed by atoms with van der Waals surface area (Å²) < 4.78 is 9.71. The van der Waals surface area contributed by atoms with Gasteiger partial charge in [-0.25, -0.2) is 0 Å². The van der Waals surface area contributed by atoms with Gasteiger partial charge in [-0.05, 0) is 6.42 Å².